The summed E-state index contributed by atoms with van der Waals surface area (Å²) in [7, 11) is -3.65. The molecule has 0 unspecified atom stereocenters. The minimum absolute atomic E-state index is 0.0860. The van der Waals surface area contributed by atoms with Crippen LogP contribution in [0.2, 0.25) is 0 Å². The zero-order valence-electron chi connectivity index (χ0n) is 15.8. The van der Waals surface area contributed by atoms with Gasteiger partial charge in [0.1, 0.15) is 17.2 Å². The van der Waals surface area contributed by atoms with Gasteiger partial charge in [0.2, 0.25) is 21.9 Å². The molecule has 8 nitrogen and oxygen atoms in total. The van der Waals surface area contributed by atoms with Crippen molar-refractivity contribution in [3.8, 4) is 22.5 Å². The summed E-state index contributed by atoms with van der Waals surface area (Å²) in [6.45, 7) is 1.67. The molecule has 3 heterocycles. The Balaban J connectivity index is 2.07. The van der Waals surface area contributed by atoms with Gasteiger partial charge in [0.05, 0.1) is 12.8 Å². The molecule has 0 bridgehead atoms. The zero-order chi connectivity index (χ0) is 20.8. The lowest BCUT2D eigenvalue weighted by molar-refractivity contribution is -0.116. The van der Waals surface area contributed by atoms with Crippen LogP contribution < -0.4 is 9.31 Å². The van der Waals surface area contributed by atoms with Crippen molar-refractivity contribution in [2.75, 3.05) is 28.7 Å². The number of hydrogen-bond donors (Lipinski definition) is 0. The summed E-state index contributed by atoms with van der Waals surface area (Å²) in [5.41, 5.74) is 2.17. The van der Waals surface area contributed by atoms with Crippen molar-refractivity contribution in [1.82, 2.24) is 14.6 Å². The Bertz CT molecular complexity index is 1180. The van der Waals surface area contributed by atoms with E-state index in [9.17, 15) is 17.6 Å². The molecule has 3 aromatic rings. The quantitative estimate of drug-likeness (QED) is 0.653. The number of imidazole rings is 1. The van der Waals surface area contributed by atoms with Crippen molar-refractivity contribution < 1.29 is 17.6 Å². The van der Waals surface area contributed by atoms with Crippen LogP contribution in [0.5, 0.6) is 0 Å². The maximum absolute atomic E-state index is 13.5. The van der Waals surface area contributed by atoms with Crippen molar-refractivity contribution in [3.05, 3.63) is 54.6 Å². The van der Waals surface area contributed by atoms with Crippen LogP contribution in [-0.4, -0.2) is 48.3 Å². The predicted octanol–water partition coefficient (Wildman–Crippen LogP) is 2.02. The molecule has 0 N–H and O–H groups in total. The predicted molar refractivity (Wildman–Crippen MR) is 107 cm³/mol. The van der Waals surface area contributed by atoms with E-state index in [1.807, 2.05) is 0 Å². The van der Waals surface area contributed by atoms with Crippen LogP contribution in [0.25, 0.3) is 22.5 Å². The fourth-order valence-corrected chi connectivity index (χ4v) is 4.23. The van der Waals surface area contributed by atoms with Crippen LogP contribution in [0, 0.1) is 5.82 Å². The molecular formula is C19H18FN5O3S. The van der Waals surface area contributed by atoms with Crippen molar-refractivity contribution in [1.29, 1.82) is 0 Å². The highest BCUT2D eigenvalue weighted by molar-refractivity contribution is 7.91. The van der Waals surface area contributed by atoms with Gasteiger partial charge in [0, 0.05) is 37.0 Å². The van der Waals surface area contributed by atoms with Crippen LogP contribution in [-0.2, 0) is 14.8 Å². The highest BCUT2D eigenvalue weighted by Crippen LogP contribution is 2.37. The summed E-state index contributed by atoms with van der Waals surface area (Å²) < 4.78 is 41.1. The summed E-state index contributed by atoms with van der Waals surface area (Å²) in [5.74, 6) is -0.456. The monoisotopic (exact) mass is 415 g/mol. The second-order valence-corrected chi connectivity index (χ2v) is 8.53. The number of hydrogen-bond acceptors (Lipinski definition) is 5. The summed E-state index contributed by atoms with van der Waals surface area (Å²) >= 11 is 0. The fourth-order valence-electron chi connectivity index (χ4n) is 3.36. The number of fused-ring (bicyclic) bond motifs is 1. The first-order valence-corrected chi connectivity index (χ1v) is 10.7. The first kappa shape index (κ1) is 19.1. The summed E-state index contributed by atoms with van der Waals surface area (Å²) in [6.07, 6.45) is 4.27. The van der Waals surface area contributed by atoms with E-state index in [2.05, 4.69) is 9.97 Å². The van der Waals surface area contributed by atoms with Gasteiger partial charge in [-0.05, 0) is 36.4 Å². The Kier molecular flexibility index (Phi) is 4.58. The molecule has 10 heteroatoms. The fraction of sp³-hybridized carbons (Fsp3) is 0.211. The number of benzene rings is 1. The molecule has 1 aliphatic heterocycles. The third kappa shape index (κ3) is 3.35. The number of carbonyl (C=O) groups excluding carboxylic acids is 1. The van der Waals surface area contributed by atoms with Crippen LogP contribution in [0.3, 0.4) is 0 Å². The SMILES string of the molecule is CC(=O)N1CCN(S(C)(=O)=O)n2c1nc(-c1ccc(F)cc1)c2-c1ccncc1. The van der Waals surface area contributed by atoms with E-state index in [1.165, 1.54) is 33.0 Å². The van der Waals surface area contributed by atoms with E-state index in [4.69, 9.17) is 0 Å². The van der Waals surface area contributed by atoms with E-state index in [0.717, 1.165) is 6.26 Å². The van der Waals surface area contributed by atoms with E-state index in [-0.39, 0.29) is 24.9 Å². The molecule has 1 aromatic carbocycles. The van der Waals surface area contributed by atoms with Gasteiger partial charge in [-0.2, -0.15) is 0 Å². The number of sulfonamides is 1. The van der Waals surface area contributed by atoms with Crippen LogP contribution in [0.15, 0.2) is 48.8 Å². The molecule has 4 rings (SSSR count). The number of pyridine rings is 1. The van der Waals surface area contributed by atoms with Crippen LogP contribution in [0.1, 0.15) is 6.92 Å². The average Bonchev–Trinajstić information content (AvgIpc) is 3.07. The van der Waals surface area contributed by atoms with Gasteiger partial charge in [-0.25, -0.2) is 26.9 Å². The highest BCUT2D eigenvalue weighted by atomic mass is 32.2. The Morgan fingerprint density at radius 1 is 1.03 bits per heavy atom. The molecule has 0 radical (unpaired) electrons. The molecule has 0 saturated carbocycles. The normalized spacial score (nSPS) is 14.0. The number of rotatable bonds is 3. The van der Waals surface area contributed by atoms with E-state index >= 15 is 0 Å². The van der Waals surface area contributed by atoms with E-state index in [0.29, 0.717) is 22.5 Å². The number of carbonyl (C=O) groups is 1. The van der Waals surface area contributed by atoms with Gasteiger partial charge < -0.3 is 0 Å². The molecule has 0 aliphatic carbocycles. The number of nitrogens with zero attached hydrogens (tertiary/aromatic N) is 5. The smallest absolute Gasteiger partial charge is 0.245 e. The maximum Gasteiger partial charge on any atom is 0.245 e. The van der Waals surface area contributed by atoms with Gasteiger partial charge >= 0.3 is 0 Å². The summed E-state index contributed by atoms with van der Waals surface area (Å²) in [6, 6.07) is 9.20. The summed E-state index contributed by atoms with van der Waals surface area (Å²) in [5, 5.41) is 0. The molecule has 150 valence electrons. The Morgan fingerprint density at radius 3 is 2.28 bits per heavy atom. The average molecular weight is 415 g/mol. The summed E-state index contributed by atoms with van der Waals surface area (Å²) in [4.78, 5) is 22.3. The number of anilines is 1. The second-order valence-electron chi connectivity index (χ2n) is 6.64. The molecule has 0 fully saturated rings. The zero-order valence-corrected chi connectivity index (χ0v) is 16.6. The van der Waals surface area contributed by atoms with Crippen molar-refractivity contribution in [3.63, 3.8) is 0 Å². The molecule has 1 amide bonds. The maximum atomic E-state index is 13.5. The molecule has 0 spiro atoms. The Labute approximate surface area is 167 Å². The van der Waals surface area contributed by atoms with Gasteiger partial charge in [-0.3, -0.25) is 14.7 Å². The largest absolute Gasteiger partial charge is 0.279 e. The standard InChI is InChI=1S/C19H18FN5O3S/c1-13(26)23-11-12-24(29(2,27)28)25-18(15-7-9-21-10-8-15)17(22-19(23)25)14-3-5-16(20)6-4-14/h3-10H,11-12H2,1-2H3. The number of aromatic nitrogens is 3. The minimum Gasteiger partial charge on any atom is -0.279 e. The van der Waals surface area contributed by atoms with Gasteiger partial charge in [-0.1, -0.05) is 0 Å². The molecule has 2 aromatic heterocycles. The minimum atomic E-state index is -3.65. The highest BCUT2D eigenvalue weighted by Gasteiger charge is 2.35. The van der Waals surface area contributed by atoms with Crippen LogP contribution >= 0.6 is 0 Å². The Hall–Kier alpha value is -3.27. The second kappa shape index (κ2) is 6.96. The first-order valence-electron chi connectivity index (χ1n) is 8.82. The number of amides is 1. The van der Waals surface area contributed by atoms with Crippen molar-refractivity contribution in [2.45, 2.75) is 6.92 Å². The third-order valence-corrected chi connectivity index (χ3v) is 5.76. The lowest BCUT2D eigenvalue weighted by Crippen LogP contribution is -2.52. The molecule has 0 atom stereocenters. The van der Waals surface area contributed by atoms with E-state index in [1.54, 1.807) is 36.7 Å². The molecule has 29 heavy (non-hydrogen) atoms. The van der Waals surface area contributed by atoms with Gasteiger partial charge in [0.15, 0.2) is 0 Å². The topological polar surface area (TPSA) is 88.4 Å². The van der Waals surface area contributed by atoms with Gasteiger partial charge in [0.25, 0.3) is 0 Å². The van der Waals surface area contributed by atoms with Crippen molar-refractivity contribution in [2.24, 2.45) is 0 Å². The van der Waals surface area contributed by atoms with Crippen molar-refractivity contribution >= 4 is 21.9 Å². The Morgan fingerprint density at radius 2 is 1.69 bits per heavy atom. The third-order valence-electron chi connectivity index (χ3n) is 4.65. The van der Waals surface area contributed by atoms with Gasteiger partial charge in [-0.15, -0.1) is 0 Å². The lowest BCUT2D eigenvalue weighted by Gasteiger charge is -2.35. The van der Waals surface area contributed by atoms with E-state index < -0.39 is 15.8 Å². The van der Waals surface area contributed by atoms with Crippen LogP contribution in [0.4, 0.5) is 10.3 Å². The lowest BCUT2D eigenvalue weighted by atomic mass is 10.1. The first-order chi connectivity index (χ1) is 13.8. The molecule has 0 saturated heterocycles. The number of halogens is 1. The molecule has 1 aliphatic rings. The molecular weight excluding hydrogens is 397 g/mol.